The van der Waals surface area contributed by atoms with Crippen molar-refractivity contribution in [2.75, 3.05) is 10.6 Å². The fraction of sp³-hybridized carbons (Fsp3) is 0.130. The van der Waals surface area contributed by atoms with Crippen molar-refractivity contribution in [3.05, 3.63) is 82.8 Å². The van der Waals surface area contributed by atoms with Gasteiger partial charge in [-0.3, -0.25) is 9.89 Å². The van der Waals surface area contributed by atoms with Gasteiger partial charge in [0.15, 0.2) is 5.69 Å². The van der Waals surface area contributed by atoms with Gasteiger partial charge in [0.2, 0.25) is 0 Å². The summed E-state index contributed by atoms with van der Waals surface area (Å²) in [6.45, 7) is 1.63. The van der Waals surface area contributed by atoms with Crippen LogP contribution in [-0.4, -0.2) is 37.0 Å². The van der Waals surface area contributed by atoms with Crippen LogP contribution in [0, 0.1) is 0 Å². The number of anilines is 2. The molecule has 0 radical (unpaired) electrons. The molecule has 3 heterocycles. The quantitative estimate of drug-likeness (QED) is 0.342. The molecule has 178 valence electrons. The molecule has 0 saturated carbocycles. The van der Waals surface area contributed by atoms with Crippen molar-refractivity contribution in [1.82, 2.24) is 20.0 Å². The second kappa shape index (κ2) is 8.01. The van der Waals surface area contributed by atoms with Crippen LogP contribution in [0.4, 0.5) is 24.7 Å². The predicted octanol–water partition coefficient (Wildman–Crippen LogP) is 4.40. The van der Waals surface area contributed by atoms with Crippen LogP contribution in [0.3, 0.4) is 0 Å². The molecule has 0 saturated heterocycles. The third-order valence-corrected chi connectivity index (χ3v) is 5.69. The van der Waals surface area contributed by atoms with E-state index in [4.69, 9.17) is 0 Å². The molecular formula is C23H17F3N6O3. The zero-order valence-corrected chi connectivity index (χ0v) is 18.0. The number of amides is 1. The van der Waals surface area contributed by atoms with Crippen molar-refractivity contribution in [2.24, 2.45) is 0 Å². The number of benzene rings is 2. The maximum absolute atomic E-state index is 13.4. The number of rotatable bonds is 4. The number of carboxylic acid groups (broad SMARTS) is 1. The van der Waals surface area contributed by atoms with E-state index in [0.29, 0.717) is 22.8 Å². The molecule has 0 aliphatic carbocycles. The highest BCUT2D eigenvalue weighted by atomic mass is 19.4. The minimum Gasteiger partial charge on any atom is -0.476 e. The van der Waals surface area contributed by atoms with Crippen LogP contribution in [0.5, 0.6) is 0 Å². The summed E-state index contributed by atoms with van der Waals surface area (Å²) in [6.07, 6.45) is -2.93. The van der Waals surface area contributed by atoms with E-state index in [2.05, 4.69) is 25.9 Å². The average Bonchev–Trinajstić information content (AvgIpc) is 3.44. The monoisotopic (exact) mass is 482 g/mol. The van der Waals surface area contributed by atoms with Crippen LogP contribution >= 0.6 is 0 Å². The number of aromatic amines is 1. The second-order valence-electron chi connectivity index (χ2n) is 7.98. The van der Waals surface area contributed by atoms with Gasteiger partial charge in [0, 0.05) is 22.8 Å². The van der Waals surface area contributed by atoms with Crippen molar-refractivity contribution < 1.29 is 27.9 Å². The summed E-state index contributed by atoms with van der Waals surface area (Å²) in [4.78, 5) is 25.0. The molecule has 4 aromatic rings. The zero-order chi connectivity index (χ0) is 24.9. The number of fused-ring (bicyclic) bond motifs is 2. The molecule has 35 heavy (non-hydrogen) atoms. The highest BCUT2D eigenvalue weighted by Gasteiger charge is 2.35. The smallest absolute Gasteiger partial charge is 0.416 e. The number of hydrogen-bond donors (Lipinski definition) is 4. The van der Waals surface area contributed by atoms with Crippen molar-refractivity contribution in [2.45, 2.75) is 19.1 Å². The summed E-state index contributed by atoms with van der Waals surface area (Å²) in [5, 5.41) is 26.8. The number of carbonyl (C=O) groups is 2. The number of aromatic carboxylic acids is 1. The van der Waals surface area contributed by atoms with Gasteiger partial charge in [-0.25, -0.2) is 9.48 Å². The number of carbonyl (C=O) groups excluding carboxylic acids is 1. The molecule has 2 aromatic carbocycles. The molecular weight excluding hydrogens is 465 g/mol. The van der Waals surface area contributed by atoms with E-state index in [9.17, 15) is 27.9 Å². The summed E-state index contributed by atoms with van der Waals surface area (Å²) in [5.74, 6) is -1.51. The van der Waals surface area contributed by atoms with Gasteiger partial charge in [-0.1, -0.05) is 12.1 Å². The number of alkyl halides is 3. The number of nitrogens with zero attached hydrogens (tertiary/aromatic N) is 3. The second-order valence-corrected chi connectivity index (χ2v) is 7.98. The van der Waals surface area contributed by atoms with Crippen molar-refractivity contribution in [3.8, 4) is 0 Å². The molecule has 1 atom stereocenters. The van der Waals surface area contributed by atoms with Crippen LogP contribution in [0.15, 0.2) is 66.0 Å². The van der Waals surface area contributed by atoms with Crippen LogP contribution in [0.25, 0.3) is 10.9 Å². The largest absolute Gasteiger partial charge is 0.476 e. The third-order valence-electron chi connectivity index (χ3n) is 5.69. The lowest BCUT2D eigenvalue weighted by Crippen LogP contribution is -2.31. The fourth-order valence-corrected chi connectivity index (χ4v) is 4.05. The Hall–Kier alpha value is -4.61. The Morgan fingerprint density at radius 3 is 2.54 bits per heavy atom. The molecule has 1 amide bonds. The highest BCUT2D eigenvalue weighted by molar-refractivity contribution is 6.06. The maximum atomic E-state index is 13.4. The first-order valence-corrected chi connectivity index (χ1v) is 10.3. The predicted molar refractivity (Wildman–Crippen MR) is 120 cm³/mol. The van der Waals surface area contributed by atoms with Crippen molar-refractivity contribution in [1.29, 1.82) is 0 Å². The third kappa shape index (κ3) is 3.98. The normalized spacial score (nSPS) is 15.6. The standard InChI is InChI=1S/C23H17F3N6O3/c1-11-19(21(33)29-15-6-7-16-13(8-15)10-27-30-16)20(12-2-4-14(5-3-12)23(24,25)26)32-18(28-11)9-17(31-32)22(34)35/h2-10,20,28H,1H3,(H,27,30)(H,29,33)(H,34,35). The van der Waals surface area contributed by atoms with Gasteiger partial charge in [-0.15, -0.1) is 0 Å². The number of allylic oxidation sites excluding steroid dienone is 1. The molecule has 0 spiro atoms. The SMILES string of the molecule is CC1=C(C(=O)Nc2ccc3[nH]ncc3c2)C(c2ccc(C(F)(F)F)cc2)n2nc(C(=O)O)cc2N1. The van der Waals surface area contributed by atoms with Crippen molar-refractivity contribution >= 4 is 34.3 Å². The first-order valence-electron chi connectivity index (χ1n) is 10.3. The van der Waals surface area contributed by atoms with E-state index in [0.717, 1.165) is 23.0 Å². The van der Waals surface area contributed by atoms with E-state index < -0.39 is 29.7 Å². The Labute approximate surface area is 195 Å². The fourth-order valence-electron chi connectivity index (χ4n) is 4.05. The van der Waals surface area contributed by atoms with Crippen LogP contribution < -0.4 is 10.6 Å². The highest BCUT2D eigenvalue weighted by Crippen LogP contribution is 2.38. The van der Waals surface area contributed by atoms with Gasteiger partial charge in [-0.2, -0.15) is 23.4 Å². The molecule has 1 aliphatic rings. The molecule has 1 unspecified atom stereocenters. The molecule has 0 fully saturated rings. The average molecular weight is 482 g/mol. The number of carboxylic acids is 1. The topological polar surface area (TPSA) is 125 Å². The van der Waals surface area contributed by atoms with E-state index in [1.54, 1.807) is 31.3 Å². The number of halogens is 3. The summed E-state index contributed by atoms with van der Waals surface area (Å²) in [6, 6.07) is 9.80. The first-order chi connectivity index (χ1) is 16.6. The van der Waals surface area contributed by atoms with Crippen LogP contribution in [-0.2, 0) is 11.0 Å². The van der Waals surface area contributed by atoms with Crippen LogP contribution in [0.1, 0.15) is 34.6 Å². The van der Waals surface area contributed by atoms with E-state index in [1.165, 1.54) is 22.9 Å². The number of H-pyrrole nitrogens is 1. The van der Waals surface area contributed by atoms with Crippen LogP contribution in [0.2, 0.25) is 0 Å². The summed E-state index contributed by atoms with van der Waals surface area (Å²) in [7, 11) is 0. The Bertz CT molecular complexity index is 1500. The molecule has 2 aromatic heterocycles. The minimum atomic E-state index is -4.53. The van der Waals surface area contributed by atoms with Gasteiger partial charge in [0.1, 0.15) is 11.9 Å². The van der Waals surface area contributed by atoms with E-state index >= 15 is 0 Å². The summed E-state index contributed by atoms with van der Waals surface area (Å²) < 4.78 is 40.6. The lowest BCUT2D eigenvalue weighted by molar-refractivity contribution is -0.137. The Morgan fingerprint density at radius 2 is 1.86 bits per heavy atom. The van der Waals surface area contributed by atoms with E-state index in [-0.39, 0.29) is 11.3 Å². The lowest BCUT2D eigenvalue weighted by Gasteiger charge is -2.30. The molecule has 12 heteroatoms. The summed E-state index contributed by atoms with van der Waals surface area (Å²) >= 11 is 0. The van der Waals surface area contributed by atoms with E-state index in [1.807, 2.05) is 0 Å². The molecule has 5 rings (SSSR count). The number of hydrogen-bond acceptors (Lipinski definition) is 5. The molecule has 0 bridgehead atoms. The molecule has 1 aliphatic heterocycles. The van der Waals surface area contributed by atoms with Gasteiger partial charge >= 0.3 is 12.1 Å². The lowest BCUT2D eigenvalue weighted by atomic mass is 9.94. The molecule has 9 nitrogen and oxygen atoms in total. The molecule has 4 N–H and O–H groups in total. The van der Waals surface area contributed by atoms with Gasteiger partial charge in [-0.05, 0) is 42.8 Å². The zero-order valence-electron chi connectivity index (χ0n) is 18.0. The Balaban J connectivity index is 1.57. The Morgan fingerprint density at radius 1 is 1.11 bits per heavy atom. The van der Waals surface area contributed by atoms with Gasteiger partial charge in [0.25, 0.3) is 5.91 Å². The maximum Gasteiger partial charge on any atom is 0.416 e. The van der Waals surface area contributed by atoms with Gasteiger partial charge in [0.05, 0.1) is 22.9 Å². The van der Waals surface area contributed by atoms with Gasteiger partial charge < -0.3 is 15.7 Å². The number of aromatic nitrogens is 4. The minimum absolute atomic E-state index is 0.171. The van der Waals surface area contributed by atoms with Crippen molar-refractivity contribution in [3.63, 3.8) is 0 Å². The number of nitrogens with one attached hydrogen (secondary N) is 3. The Kier molecular flexibility index (Phi) is 5.08. The summed E-state index contributed by atoms with van der Waals surface area (Å²) in [5.41, 5.74) is 1.04. The first kappa shape index (κ1) is 22.2.